The minimum Gasteiger partial charge on any atom is -0.496 e. The van der Waals surface area contributed by atoms with Crippen molar-refractivity contribution in [3.8, 4) is 5.75 Å². The Bertz CT molecular complexity index is 452. The van der Waals surface area contributed by atoms with Crippen molar-refractivity contribution in [2.24, 2.45) is 11.7 Å². The Balaban J connectivity index is 1.90. The lowest BCUT2D eigenvalue weighted by Gasteiger charge is -2.33. The van der Waals surface area contributed by atoms with Gasteiger partial charge < -0.3 is 15.4 Å². The highest BCUT2D eigenvalue weighted by Crippen LogP contribution is 2.26. The Morgan fingerprint density at radius 2 is 2.05 bits per heavy atom. The van der Waals surface area contributed by atoms with Crippen LogP contribution in [0.2, 0.25) is 0 Å². The summed E-state index contributed by atoms with van der Waals surface area (Å²) in [5.41, 5.74) is 6.91. The standard InChI is InChI=1S/C16H24N2O2/c1-12(17)16(19)18-9-7-13(8-10-18)11-14-5-3-4-6-15(14)20-2/h3-6,12-13H,7-11,17H2,1-2H3. The van der Waals surface area contributed by atoms with Crippen LogP contribution >= 0.6 is 0 Å². The Morgan fingerprint density at radius 3 is 2.65 bits per heavy atom. The topological polar surface area (TPSA) is 55.6 Å². The quantitative estimate of drug-likeness (QED) is 0.912. The fourth-order valence-corrected chi connectivity index (χ4v) is 2.83. The highest BCUT2D eigenvalue weighted by molar-refractivity contribution is 5.81. The van der Waals surface area contributed by atoms with Crippen LogP contribution in [0.25, 0.3) is 0 Å². The van der Waals surface area contributed by atoms with Crippen molar-refractivity contribution in [3.63, 3.8) is 0 Å². The SMILES string of the molecule is COc1ccccc1CC1CCN(C(=O)C(C)N)CC1. The van der Waals surface area contributed by atoms with E-state index in [1.54, 1.807) is 14.0 Å². The number of likely N-dealkylation sites (tertiary alicyclic amines) is 1. The lowest BCUT2D eigenvalue weighted by Crippen LogP contribution is -2.46. The number of amides is 1. The van der Waals surface area contributed by atoms with Gasteiger partial charge in [0.05, 0.1) is 13.2 Å². The first kappa shape index (κ1) is 14.9. The number of nitrogens with two attached hydrogens (primary N) is 1. The molecule has 0 radical (unpaired) electrons. The summed E-state index contributed by atoms with van der Waals surface area (Å²) in [6.07, 6.45) is 3.09. The number of para-hydroxylation sites is 1. The second-order valence-electron chi connectivity index (χ2n) is 5.57. The monoisotopic (exact) mass is 276 g/mol. The number of ether oxygens (including phenoxy) is 1. The van der Waals surface area contributed by atoms with Crippen LogP contribution in [0.4, 0.5) is 0 Å². The maximum absolute atomic E-state index is 11.8. The molecule has 1 atom stereocenters. The number of methoxy groups -OCH3 is 1. The summed E-state index contributed by atoms with van der Waals surface area (Å²) in [7, 11) is 1.71. The number of hydrogen-bond acceptors (Lipinski definition) is 3. The molecule has 0 spiro atoms. The Labute approximate surface area is 120 Å². The number of benzene rings is 1. The predicted octanol–water partition coefficient (Wildman–Crippen LogP) is 1.82. The normalized spacial score (nSPS) is 17.9. The highest BCUT2D eigenvalue weighted by atomic mass is 16.5. The number of carbonyl (C=O) groups excluding carboxylic acids is 1. The first-order chi connectivity index (χ1) is 9.61. The van der Waals surface area contributed by atoms with E-state index < -0.39 is 0 Å². The largest absolute Gasteiger partial charge is 0.496 e. The third kappa shape index (κ3) is 3.51. The molecule has 0 saturated carbocycles. The van der Waals surface area contributed by atoms with E-state index in [9.17, 15) is 4.79 Å². The first-order valence-electron chi connectivity index (χ1n) is 7.28. The average molecular weight is 276 g/mol. The molecule has 1 fully saturated rings. The number of hydrogen-bond donors (Lipinski definition) is 1. The maximum atomic E-state index is 11.8. The Morgan fingerprint density at radius 1 is 1.40 bits per heavy atom. The molecular weight excluding hydrogens is 252 g/mol. The first-order valence-corrected chi connectivity index (χ1v) is 7.28. The number of piperidine rings is 1. The van der Waals surface area contributed by atoms with Crippen molar-refractivity contribution < 1.29 is 9.53 Å². The zero-order chi connectivity index (χ0) is 14.5. The number of nitrogens with zero attached hydrogens (tertiary/aromatic N) is 1. The van der Waals surface area contributed by atoms with Crippen LogP contribution in [-0.4, -0.2) is 37.0 Å². The van der Waals surface area contributed by atoms with Gasteiger partial charge in [-0.25, -0.2) is 0 Å². The molecule has 2 rings (SSSR count). The Hall–Kier alpha value is -1.55. The molecule has 4 nitrogen and oxygen atoms in total. The van der Waals surface area contributed by atoms with Crippen molar-refractivity contribution in [2.45, 2.75) is 32.2 Å². The van der Waals surface area contributed by atoms with Gasteiger partial charge in [0.15, 0.2) is 0 Å². The van der Waals surface area contributed by atoms with E-state index in [1.807, 2.05) is 23.1 Å². The van der Waals surface area contributed by atoms with Gasteiger partial charge in [0, 0.05) is 13.1 Å². The number of carbonyl (C=O) groups is 1. The summed E-state index contributed by atoms with van der Waals surface area (Å²) < 4.78 is 5.40. The van der Waals surface area contributed by atoms with Crippen molar-refractivity contribution in [1.82, 2.24) is 4.90 Å². The van der Waals surface area contributed by atoms with Crippen LogP contribution in [0.15, 0.2) is 24.3 Å². The van der Waals surface area contributed by atoms with Crippen molar-refractivity contribution in [3.05, 3.63) is 29.8 Å². The molecular formula is C16H24N2O2. The van der Waals surface area contributed by atoms with Gasteiger partial charge in [0.2, 0.25) is 5.91 Å². The van der Waals surface area contributed by atoms with E-state index in [4.69, 9.17) is 10.5 Å². The molecule has 20 heavy (non-hydrogen) atoms. The molecule has 1 saturated heterocycles. The molecule has 1 heterocycles. The van der Waals surface area contributed by atoms with Gasteiger partial charge in [-0.05, 0) is 43.7 Å². The van der Waals surface area contributed by atoms with Gasteiger partial charge in [0.25, 0.3) is 0 Å². The van der Waals surface area contributed by atoms with Gasteiger partial charge in [-0.1, -0.05) is 18.2 Å². The number of rotatable bonds is 4. The zero-order valence-electron chi connectivity index (χ0n) is 12.3. The summed E-state index contributed by atoms with van der Waals surface area (Å²) >= 11 is 0. The lowest BCUT2D eigenvalue weighted by atomic mass is 9.89. The van der Waals surface area contributed by atoms with E-state index in [-0.39, 0.29) is 11.9 Å². The molecule has 4 heteroatoms. The van der Waals surface area contributed by atoms with Crippen LogP contribution < -0.4 is 10.5 Å². The van der Waals surface area contributed by atoms with Crippen LogP contribution in [0.5, 0.6) is 5.75 Å². The molecule has 1 amide bonds. The van der Waals surface area contributed by atoms with Gasteiger partial charge in [-0.15, -0.1) is 0 Å². The summed E-state index contributed by atoms with van der Waals surface area (Å²) in [5.74, 6) is 1.64. The lowest BCUT2D eigenvalue weighted by molar-refractivity contribution is -0.133. The molecule has 0 bridgehead atoms. The minimum atomic E-state index is -0.388. The fourth-order valence-electron chi connectivity index (χ4n) is 2.83. The predicted molar refractivity (Wildman–Crippen MR) is 79.7 cm³/mol. The van der Waals surface area contributed by atoms with E-state index in [2.05, 4.69) is 6.07 Å². The molecule has 0 aliphatic carbocycles. The second kappa shape index (κ2) is 6.75. The zero-order valence-corrected chi connectivity index (χ0v) is 12.3. The third-order valence-electron chi connectivity index (χ3n) is 4.02. The second-order valence-corrected chi connectivity index (χ2v) is 5.57. The van der Waals surface area contributed by atoms with Crippen molar-refractivity contribution in [1.29, 1.82) is 0 Å². The van der Waals surface area contributed by atoms with Gasteiger partial charge in [0.1, 0.15) is 5.75 Å². The summed E-state index contributed by atoms with van der Waals surface area (Å²) in [5, 5.41) is 0. The van der Waals surface area contributed by atoms with E-state index >= 15 is 0 Å². The van der Waals surface area contributed by atoms with Crippen LogP contribution in [0.1, 0.15) is 25.3 Å². The van der Waals surface area contributed by atoms with Crippen molar-refractivity contribution >= 4 is 5.91 Å². The molecule has 0 aromatic heterocycles. The molecule has 2 N–H and O–H groups in total. The van der Waals surface area contributed by atoms with E-state index in [1.165, 1.54) is 5.56 Å². The third-order valence-corrected chi connectivity index (χ3v) is 4.02. The highest BCUT2D eigenvalue weighted by Gasteiger charge is 2.25. The minimum absolute atomic E-state index is 0.0701. The summed E-state index contributed by atoms with van der Waals surface area (Å²) in [4.78, 5) is 13.7. The molecule has 1 aliphatic rings. The molecule has 1 aliphatic heterocycles. The molecule has 1 unspecified atom stereocenters. The van der Waals surface area contributed by atoms with Gasteiger partial charge in [-0.2, -0.15) is 0 Å². The van der Waals surface area contributed by atoms with Crippen LogP contribution in [0.3, 0.4) is 0 Å². The van der Waals surface area contributed by atoms with E-state index in [0.717, 1.165) is 38.1 Å². The fraction of sp³-hybridized carbons (Fsp3) is 0.562. The van der Waals surface area contributed by atoms with E-state index in [0.29, 0.717) is 5.92 Å². The summed E-state index contributed by atoms with van der Waals surface area (Å²) in [6, 6.07) is 7.78. The average Bonchev–Trinajstić information content (AvgIpc) is 2.48. The molecule has 1 aromatic rings. The smallest absolute Gasteiger partial charge is 0.239 e. The molecule has 1 aromatic carbocycles. The van der Waals surface area contributed by atoms with Gasteiger partial charge >= 0.3 is 0 Å². The van der Waals surface area contributed by atoms with Crippen molar-refractivity contribution in [2.75, 3.05) is 20.2 Å². The van der Waals surface area contributed by atoms with Crippen LogP contribution in [0, 0.1) is 5.92 Å². The summed E-state index contributed by atoms with van der Waals surface area (Å²) in [6.45, 7) is 3.39. The van der Waals surface area contributed by atoms with Crippen LogP contribution in [-0.2, 0) is 11.2 Å². The van der Waals surface area contributed by atoms with Gasteiger partial charge in [-0.3, -0.25) is 4.79 Å². The maximum Gasteiger partial charge on any atom is 0.239 e. The molecule has 110 valence electrons. The Kier molecular flexibility index (Phi) is 5.01.